The van der Waals surface area contributed by atoms with Gasteiger partial charge in [0.2, 0.25) is 0 Å². The third-order valence-electron chi connectivity index (χ3n) is 3.70. The van der Waals surface area contributed by atoms with Crippen LogP contribution in [0.25, 0.3) is 0 Å². The lowest BCUT2D eigenvalue weighted by molar-refractivity contribution is 0.199. The Morgan fingerprint density at radius 3 is 2.94 bits per heavy atom. The summed E-state index contributed by atoms with van der Waals surface area (Å²) in [6, 6.07) is 7.03. The fourth-order valence-electron chi connectivity index (χ4n) is 2.36. The maximum Gasteiger partial charge on any atom is 0.122 e. The Morgan fingerprint density at radius 1 is 1.39 bits per heavy atom. The van der Waals surface area contributed by atoms with Gasteiger partial charge in [0, 0.05) is 19.1 Å². The fraction of sp³-hybridized carbons (Fsp3) is 0.600. The molecule has 1 aliphatic heterocycles. The van der Waals surface area contributed by atoms with Crippen LogP contribution in [0.5, 0.6) is 5.75 Å². The van der Waals surface area contributed by atoms with E-state index in [9.17, 15) is 0 Å². The van der Waals surface area contributed by atoms with E-state index in [2.05, 4.69) is 49.3 Å². The van der Waals surface area contributed by atoms with E-state index in [0.29, 0.717) is 6.04 Å². The minimum absolute atomic E-state index is 0.673. The minimum Gasteiger partial charge on any atom is -0.492 e. The van der Waals surface area contributed by atoms with Gasteiger partial charge in [0.05, 0.1) is 0 Å². The zero-order valence-electron chi connectivity index (χ0n) is 11.7. The first-order valence-electron chi connectivity index (χ1n) is 6.78. The second kappa shape index (κ2) is 6.21. The smallest absolute Gasteiger partial charge is 0.122 e. The molecule has 3 heteroatoms. The molecule has 3 nitrogen and oxygen atoms in total. The van der Waals surface area contributed by atoms with Gasteiger partial charge in [-0.25, -0.2) is 0 Å². The van der Waals surface area contributed by atoms with Crippen molar-refractivity contribution >= 4 is 0 Å². The maximum atomic E-state index is 5.89. The van der Waals surface area contributed by atoms with E-state index < -0.39 is 0 Å². The summed E-state index contributed by atoms with van der Waals surface area (Å²) < 4.78 is 5.89. The molecular weight excluding hydrogens is 224 g/mol. The van der Waals surface area contributed by atoms with Crippen molar-refractivity contribution in [3.05, 3.63) is 29.3 Å². The summed E-state index contributed by atoms with van der Waals surface area (Å²) in [5, 5.41) is 3.40. The number of ether oxygens (including phenoxy) is 1. The lowest BCUT2D eigenvalue weighted by Crippen LogP contribution is -2.36. The van der Waals surface area contributed by atoms with Gasteiger partial charge in [-0.3, -0.25) is 4.90 Å². The third kappa shape index (κ3) is 3.47. The number of nitrogens with one attached hydrogen (secondary N) is 1. The second-order valence-corrected chi connectivity index (χ2v) is 5.24. The highest BCUT2D eigenvalue weighted by molar-refractivity contribution is 5.35. The van der Waals surface area contributed by atoms with E-state index in [-0.39, 0.29) is 0 Å². The Kier molecular flexibility index (Phi) is 4.61. The van der Waals surface area contributed by atoms with Gasteiger partial charge in [0.25, 0.3) is 0 Å². The predicted octanol–water partition coefficient (Wildman–Crippen LogP) is 1.98. The van der Waals surface area contributed by atoms with Crippen molar-refractivity contribution in [2.24, 2.45) is 0 Å². The molecule has 1 aliphatic rings. The molecule has 1 unspecified atom stereocenters. The number of likely N-dealkylation sites (N-methyl/N-ethyl adjacent to an activating group) is 1. The molecule has 0 saturated carbocycles. The molecule has 1 atom stereocenters. The molecule has 0 aromatic heterocycles. The number of aryl methyl sites for hydroxylation is 2. The molecule has 18 heavy (non-hydrogen) atoms. The first-order valence-corrected chi connectivity index (χ1v) is 6.78. The Balaban J connectivity index is 1.79. The quantitative estimate of drug-likeness (QED) is 0.862. The third-order valence-corrected chi connectivity index (χ3v) is 3.70. The van der Waals surface area contributed by atoms with Gasteiger partial charge < -0.3 is 10.1 Å². The summed E-state index contributed by atoms with van der Waals surface area (Å²) in [5.74, 6) is 1.02. The minimum atomic E-state index is 0.673. The molecule has 1 heterocycles. The Hall–Kier alpha value is -1.06. The van der Waals surface area contributed by atoms with Crippen LogP contribution < -0.4 is 10.1 Å². The predicted molar refractivity (Wildman–Crippen MR) is 75.3 cm³/mol. The maximum absolute atomic E-state index is 5.89. The van der Waals surface area contributed by atoms with E-state index >= 15 is 0 Å². The highest BCUT2D eigenvalue weighted by Crippen LogP contribution is 2.19. The number of hydrogen-bond acceptors (Lipinski definition) is 3. The first kappa shape index (κ1) is 13.4. The lowest BCUT2D eigenvalue weighted by Gasteiger charge is -2.23. The molecule has 1 N–H and O–H groups in total. The SMILES string of the molecule is Cc1ccc(C)c(OCCN(C)C2CCNC2)c1. The average Bonchev–Trinajstić information content (AvgIpc) is 2.87. The average molecular weight is 248 g/mol. The molecule has 1 saturated heterocycles. The molecule has 0 spiro atoms. The van der Waals surface area contributed by atoms with Crippen molar-refractivity contribution in [1.82, 2.24) is 10.2 Å². The van der Waals surface area contributed by atoms with Crippen LogP contribution in [0.2, 0.25) is 0 Å². The van der Waals surface area contributed by atoms with Crippen LogP contribution in [0, 0.1) is 13.8 Å². The van der Waals surface area contributed by atoms with Crippen molar-refractivity contribution in [2.75, 3.05) is 33.3 Å². The molecule has 0 aliphatic carbocycles. The molecule has 0 radical (unpaired) electrons. The van der Waals surface area contributed by atoms with Crippen LogP contribution in [0.15, 0.2) is 18.2 Å². The van der Waals surface area contributed by atoms with Crippen molar-refractivity contribution in [3.63, 3.8) is 0 Å². The highest BCUT2D eigenvalue weighted by atomic mass is 16.5. The normalized spacial score (nSPS) is 19.4. The zero-order chi connectivity index (χ0) is 13.0. The van der Waals surface area contributed by atoms with Crippen LogP contribution in [-0.4, -0.2) is 44.2 Å². The van der Waals surface area contributed by atoms with Crippen molar-refractivity contribution in [1.29, 1.82) is 0 Å². The molecule has 0 amide bonds. The van der Waals surface area contributed by atoms with E-state index in [0.717, 1.165) is 32.0 Å². The van der Waals surface area contributed by atoms with Crippen LogP contribution in [0.1, 0.15) is 17.5 Å². The largest absolute Gasteiger partial charge is 0.492 e. The topological polar surface area (TPSA) is 24.5 Å². The van der Waals surface area contributed by atoms with Crippen LogP contribution in [0.3, 0.4) is 0 Å². The monoisotopic (exact) mass is 248 g/mol. The van der Waals surface area contributed by atoms with E-state index in [1.54, 1.807) is 0 Å². The van der Waals surface area contributed by atoms with Gasteiger partial charge in [0.1, 0.15) is 12.4 Å². The van der Waals surface area contributed by atoms with Gasteiger partial charge in [-0.15, -0.1) is 0 Å². The van der Waals surface area contributed by atoms with Crippen molar-refractivity contribution < 1.29 is 4.74 Å². The van der Waals surface area contributed by atoms with Crippen LogP contribution in [-0.2, 0) is 0 Å². The van der Waals surface area contributed by atoms with Crippen LogP contribution >= 0.6 is 0 Å². The molecule has 1 fully saturated rings. The summed E-state index contributed by atoms with van der Waals surface area (Å²) in [7, 11) is 2.18. The van der Waals surface area contributed by atoms with E-state index in [4.69, 9.17) is 4.74 Å². The van der Waals surface area contributed by atoms with E-state index in [1.165, 1.54) is 17.5 Å². The van der Waals surface area contributed by atoms with Gasteiger partial charge in [-0.1, -0.05) is 12.1 Å². The molecule has 2 rings (SSSR count). The van der Waals surface area contributed by atoms with Gasteiger partial charge in [-0.2, -0.15) is 0 Å². The summed E-state index contributed by atoms with van der Waals surface area (Å²) >= 11 is 0. The molecule has 1 aromatic rings. The second-order valence-electron chi connectivity index (χ2n) is 5.24. The van der Waals surface area contributed by atoms with Crippen molar-refractivity contribution in [2.45, 2.75) is 26.3 Å². The summed E-state index contributed by atoms with van der Waals surface area (Å²) in [5.41, 5.74) is 2.47. The fourth-order valence-corrected chi connectivity index (χ4v) is 2.36. The molecule has 100 valence electrons. The molecular formula is C15H24N2O. The van der Waals surface area contributed by atoms with Crippen LogP contribution in [0.4, 0.5) is 0 Å². The lowest BCUT2D eigenvalue weighted by atomic mass is 10.1. The Bertz CT molecular complexity index is 386. The first-order chi connectivity index (χ1) is 8.66. The number of hydrogen-bond donors (Lipinski definition) is 1. The number of nitrogens with zero attached hydrogens (tertiary/aromatic N) is 1. The standard InChI is InChI=1S/C15H24N2O/c1-12-4-5-13(2)15(10-12)18-9-8-17(3)14-6-7-16-11-14/h4-5,10,14,16H,6-9,11H2,1-3H3. The summed E-state index contributed by atoms with van der Waals surface area (Å²) in [6.45, 7) is 8.20. The van der Waals surface area contributed by atoms with Gasteiger partial charge >= 0.3 is 0 Å². The number of rotatable bonds is 5. The highest BCUT2D eigenvalue weighted by Gasteiger charge is 2.18. The number of benzene rings is 1. The van der Waals surface area contributed by atoms with Gasteiger partial charge in [0.15, 0.2) is 0 Å². The zero-order valence-corrected chi connectivity index (χ0v) is 11.7. The Morgan fingerprint density at radius 2 is 2.22 bits per heavy atom. The summed E-state index contributed by atoms with van der Waals surface area (Å²) in [6.07, 6.45) is 1.25. The molecule has 0 bridgehead atoms. The Labute approximate surface area is 110 Å². The van der Waals surface area contributed by atoms with Crippen molar-refractivity contribution in [3.8, 4) is 5.75 Å². The van der Waals surface area contributed by atoms with E-state index in [1.807, 2.05) is 0 Å². The molecule has 1 aromatic carbocycles. The van der Waals surface area contributed by atoms with Gasteiger partial charge in [-0.05, 0) is 51.1 Å². The summed E-state index contributed by atoms with van der Waals surface area (Å²) in [4.78, 5) is 2.39.